The monoisotopic (exact) mass is 325 g/mol. The topological polar surface area (TPSA) is 75.6 Å². The number of carbonyl (C=O) groups is 2. The molecule has 1 aromatic carbocycles. The second kappa shape index (κ2) is 6.96. The number of carboxylic acids is 1. The fourth-order valence-corrected chi connectivity index (χ4v) is 2.02. The molecule has 0 aromatic heterocycles. The van der Waals surface area contributed by atoms with E-state index in [2.05, 4.69) is 5.32 Å². The van der Waals surface area contributed by atoms with Crippen LogP contribution in [0.2, 0.25) is 15.1 Å². The summed E-state index contributed by atoms with van der Waals surface area (Å²) < 4.78 is 4.82. The number of anilines is 1. The lowest BCUT2D eigenvalue weighted by Gasteiger charge is -2.11. The zero-order chi connectivity index (χ0) is 14.6. The van der Waals surface area contributed by atoms with E-state index < -0.39 is 24.6 Å². The lowest BCUT2D eigenvalue weighted by molar-refractivity contribution is -0.150. The van der Waals surface area contributed by atoms with Gasteiger partial charge in [0.1, 0.15) is 6.61 Å². The van der Waals surface area contributed by atoms with Gasteiger partial charge < -0.3 is 15.2 Å². The van der Waals surface area contributed by atoms with Gasteiger partial charge in [-0.05, 0) is 19.1 Å². The van der Waals surface area contributed by atoms with Gasteiger partial charge in [0.05, 0.1) is 15.7 Å². The number of ether oxygens (including phenoxy) is 1. The number of hydrogen-bond donors (Lipinski definition) is 2. The molecule has 1 aromatic rings. The van der Waals surface area contributed by atoms with Crippen LogP contribution in [0.1, 0.15) is 6.92 Å². The number of carbonyl (C=O) groups excluding carboxylic acids is 1. The van der Waals surface area contributed by atoms with E-state index in [1.54, 1.807) is 0 Å². The summed E-state index contributed by atoms with van der Waals surface area (Å²) >= 11 is 17.5. The zero-order valence-corrected chi connectivity index (χ0v) is 12.0. The van der Waals surface area contributed by atoms with Crippen molar-refractivity contribution in [3.63, 3.8) is 0 Å². The number of aliphatic carboxylic acids is 1. The van der Waals surface area contributed by atoms with E-state index in [1.165, 1.54) is 19.1 Å². The van der Waals surface area contributed by atoms with Crippen LogP contribution in [-0.2, 0) is 14.3 Å². The van der Waals surface area contributed by atoms with E-state index in [0.717, 1.165) is 0 Å². The van der Waals surface area contributed by atoms with E-state index in [-0.39, 0.29) is 15.7 Å². The van der Waals surface area contributed by atoms with E-state index in [0.29, 0.717) is 5.02 Å². The Morgan fingerprint density at radius 2 is 1.84 bits per heavy atom. The normalized spacial score (nSPS) is 12.0. The maximum absolute atomic E-state index is 11.5. The molecule has 0 bridgehead atoms. The molecule has 1 rings (SSSR count). The van der Waals surface area contributed by atoms with Crippen LogP contribution in [0.3, 0.4) is 0 Å². The average molecular weight is 327 g/mol. The molecule has 0 spiro atoms. The quantitative estimate of drug-likeness (QED) is 0.872. The Hall–Kier alpha value is -1.01. The Kier molecular flexibility index (Phi) is 5.87. The van der Waals surface area contributed by atoms with E-state index in [1.807, 2.05) is 0 Å². The van der Waals surface area contributed by atoms with Crippen molar-refractivity contribution in [3.8, 4) is 0 Å². The minimum atomic E-state index is -1.16. The second-order valence-corrected chi connectivity index (χ2v) is 4.83. The number of benzene rings is 1. The Morgan fingerprint density at radius 1 is 1.32 bits per heavy atom. The lowest BCUT2D eigenvalue weighted by Crippen LogP contribution is -2.26. The highest BCUT2D eigenvalue weighted by Gasteiger charge is 2.15. The number of halogens is 3. The first-order chi connectivity index (χ1) is 8.81. The highest BCUT2D eigenvalue weighted by atomic mass is 35.5. The number of rotatable bonds is 5. The predicted octanol–water partition coefficient (Wildman–Crippen LogP) is 3.08. The predicted molar refractivity (Wildman–Crippen MR) is 73.2 cm³/mol. The summed E-state index contributed by atoms with van der Waals surface area (Å²) in [7, 11) is 0. The maximum atomic E-state index is 11.5. The molecule has 1 amide bonds. The summed E-state index contributed by atoms with van der Waals surface area (Å²) in [6, 6.07) is 2.84. The molecular weight excluding hydrogens is 316 g/mol. The van der Waals surface area contributed by atoms with Gasteiger partial charge in [0.25, 0.3) is 0 Å². The van der Waals surface area contributed by atoms with Crippen molar-refractivity contribution in [1.29, 1.82) is 0 Å². The summed E-state index contributed by atoms with van der Waals surface area (Å²) in [4.78, 5) is 22.1. The maximum Gasteiger partial charge on any atom is 0.332 e. The van der Waals surface area contributed by atoms with Crippen LogP contribution in [-0.4, -0.2) is 29.7 Å². The third-order valence-electron chi connectivity index (χ3n) is 2.08. The van der Waals surface area contributed by atoms with Gasteiger partial charge in [0.2, 0.25) is 5.91 Å². The van der Waals surface area contributed by atoms with Gasteiger partial charge in [-0.1, -0.05) is 34.8 Å². The molecule has 0 aliphatic heterocycles. The van der Waals surface area contributed by atoms with Crippen molar-refractivity contribution in [3.05, 3.63) is 27.2 Å². The fraction of sp³-hybridized carbons (Fsp3) is 0.273. The molecule has 1 atom stereocenters. The molecule has 0 radical (unpaired) electrons. The minimum absolute atomic E-state index is 0.178. The molecule has 0 saturated carbocycles. The molecule has 104 valence electrons. The molecule has 8 heteroatoms. The first-order valence-electron chi connectivity index (χ1n) is 5.10. The number of hydrogen-bond acceptors (Lipinski definition) is 3. The van der Waals surface area contributed by atoms with Crippen molar-refractivity contribution in [1.82, 2.24) is 0 Å². The van der Waals surface area contributed by atoms with Gasteiger partial charge in [-0.3, -0.25) is 4.79 Å². The Bertz CT molecular complexity index is 484. The molecule has 0 fully saturated rings. The average Bonchev–Trinajstić information content (AvgIpc) is 2.30. The van der Waals surface area contributed by atoms with Crippen molar-refractivity contribution >= 4 is 52.4 Å². The highest BCUT2D eigenvalue weighted by molar-refractivity contribution is 6.42. The summed E-state index contributed by atoms with van der Waals surface area (Å²) in [6.07, 6.45) is -1.08. The molecule has 0 unspecified atom stereocenters. The number of amides is 1. The fourth-order valence-electron chi connectivity index (χ4n) is 1.11. The third-order valence-corrected chi connectivity index (χ3v) is 2.90. The van der Waals surface area contributed by atoms with Crippen LogP contribution in [0.15, 0.2) is 12.1 Å². The first-order valence-corrected chi connectivity index (χ1v) is 6.23. The number of nitrogens with one attached hydrogen (secondary N) is 1. The van der Waals surface area contributed by atoms with Crippen molar-refractivity contribution in [2.75, 3.05) is 11.9 Å². The Labute approximate surface area is 124 Å². The summed E-state index contributed by atoms with van der Waals surface area (Å²) in [6.45, 7) is 0.889. The zero-order valence-electron chi connectivity index (χ0n) is 9.75. The molecule has 0 heterocycles. The summed E-state index contributed by atoms with van der Waals surface area (Å²) in [5.41, 5.74) is 0.198. The second-order valence-electron chi connectivity index (χ2n) is 3.58. The van der Waals surface area contributed by atoms with Gasteiger partial charge in [-0.2, -0.15) is 0 Å². The Morgan fingerprint density at radius 3 is 2.32 bits per heavy atom. The van der Waals surface area contributed by atoms with Crippen molar-refractivity contribution in [2.45, 2.75) is 13.0 Å². The standard InChI is InChI=1S/C11H10Cl3NO4/c1-5(11(17)18)19-4-9(16)15-10-7(13)2-6(12)3-8(10)14/h2-3,5H,4H2,1H3,(H,15,16)(H,17,18)/t5-/m0/s1. The van der Waals surface area contributed by atoms with Gasteiger partial charge in [0.15, 0.2) is 6.10 Å². The molecule has 0 aliphatic carbocycles. The van der Waals surface area contributed by atoms with Crippen LogP contribution >= 0.6 is 34.8 Å². The minimum Gasteiger partial charge on any atom is -0.479 e. The van der Waals surface area contributed by atoms with Crippen LogP contribution in [0, 0.1) is 0 Å². The van der Waals surface area contributed by atoms with Crippen LogP contribution in [0.5, 0.6) is 0 Å². The van der Waals surface area contributed by atoms with Gasteiger partial charge in [-0.15, -0.1) is 0 Å². The van der Waals surface area contributed by atoms with Crippen LogP contribution in [0.25, 0.3) is 0 Å². The SMILES string of the molecule is C[C@H](OCC(=O)Nc1c(Cl)cc(Cl)cc1Cl)C(=O)O. The van der Waals surface area contributed by atoms with E-state index >= 15 is 0 Å². The largest absolute Gasteiger partial charge is 0.479 e. The molecule has 5 nitrogen and oxygen atoms in total. The lowest BCUT2D eigenvalue weighted by atomic mass is 10.3. The smallest absolute Gasteiger partial charge is 0.332 e. The van der Waals surface area contributed by atoms with Gasteiger partial charge in [0, 0.05) is 5.02 Å². The highest BCUT2D eigenvalue weighted by Crippen LogP contribution is 2.33. The summed E-state index contributed by atoms with van der Waals surface area (Å²) in [5, 5.41) is 11.7. The Balaban J connectivity index is 2.65. The molecular formula is C11H10Cl3NO4. The molecule has 19 heavy (non-hydrogen) atoms. The van der Waals surface area contributed by atoms with Crippen LogP contribution in [0.4, 0.5) is 5.69 Å². The first kappa shape index (κ1) is 16.0. The third kappa shape index (κ3) is 4.87. The molecule has 0 aliphatic rings. The summed E-state index contributed by atoms with van der Waals surface area (Å²) in [5.74, 6) is -1.73. The number of carboxylic acid groups (broad SMARTS) is 1. The molecule has 0 saturated heterocycles. The van der Waals surface area contributed by atoms with Gasteiger partial charge in [-0.25, -0.2) is 4.79 Å². The molecule has 2 N–H and O–H groups in total. The van der Waals surface area contributed by atoms with E-state index in [9.17, 15) is 9.59 Å². The van der Waals surface area contributed by atoms with Gasteiger partial charge >= 0.3 is 5.97 Å². The van der Waals surface area contributed by atoms with E-state index in [4.69, 9.17) is 44.6 Å². The van der Waals surface area contributed by atoms with Crippen LogP contribution < -0.4 is 5.32 Å². The van der Waals surface area contributed by atoms with Crippen molar-refractivity contribution < 1.29 is 19.4 Å². The van der Waals surface area contributed by atoms with Crippen molar-refractivity contribution in [2.24, 2.45) is 0 Å².